The van der Waals surface area contributed by atoms with E-state index in [1.807, 2.05) is 0 Å². The number of pyridine rings is 1. The molecule has 12 rings (SSSR count). The zero-order valence-corrected chi connectivity index (χ0v) is 36.6. The topological polar surface area (TPSA) is 24.9 Å². The highest BCUT2D eigenvalue weighted by atomic mass is 15.2. The van der Waals surface area contributed by atoms with Gasteiger partial charge in [-0.3, -0.25) is 4.40 Å². The second kappa shape index (κ2) is 12.0. The first-order valence-corrected chi connectivity index (χ1v) is 21.8. The molecule has 298 valence electrons. The number of rotatable bonds is 3. The predicted molar refractivity (Wildman–Crippen MR) is 262 cm³/mol. The second-order valence-corrected chi connectivity index (χ2v) is 20.6. The van der Waals surface area contributed by atoms with Crippen LogP contribution in [0.4, 0.5) is 17.1 Å². The summed E-state index contributed by atoms with van der Waals surface area (Å²) < 4.78 is 5.04. The molecule has 61 heavy (non-hydrogen) atoms. The Hall–Kier alpha value is -6.65. The highest BCUT2D eigenvalue weighted by molar-refractivity contribution is 6.33. The molecule has 5 heterocycles. The zero-order chi connectivity index (χ0) is 41.9. The summed E-state index contributed by atoms with van der Waals surface area (Å²) in [5.74, 6) is 0. The van der Waals surface area contributed by atoms with Crippen LogP contribution in [0.15, 0.2) is 140 Å². The van der Waals surface area contributed by atoms with Gasteiger partial charge in [-0.05, 0) is 117 Å². The monoisotopic (exact) mass is 790 g/mol. The van der Waals surface area contributed by atoms with E-state index in [1.54, 1.807) is 0 Å². The van der Waals surface area contributed by atoms with E-state index in [-0.39, 0.29) is 16.2 Å². The normalized spacial score (nSPS) is 13.3. The lowest BCUT2D eigenvalue weighted by molar-refractivity contribution is 0.591. The molecular formula is C57H50N4. The molecule has 0 unspecified atom stereocenters. The molecule has 4 nitrogen and oxygen atoms in total. The van der Waals surface area contributed by atoms with Crippen molar-refractivity contribution in [1.29, 1.82) is 0 Å². The molecule has 0 aliphatic rings. The summed E-state index contributed by atoms with van der Waals surface area (Å²) in [5.41, 5.74) is 15.3. The van der Waals surface area contributed by atoms with Crippen LogP contribution in [-0.2, 0) is 16.2 Å². The number of benzene rings is 7. The van der Waals surface area contributed by atoms with Crippen molar-refractivity contribution in [1.82, 2.24) is 13.8 Å². The first kappa shape index (κ1) is 36.2. The van der Waals surface area contributed by atoms with Gasteiger partial charge in [-0.2, -0.15) is 0 Å². The van der Waals surface area contributed by atoms with Gasteiger partial charge in [0.15, 0.2) is 0 Å². The van der Waals surface area contributed by atoms with Gasteiger partial charge in [0.25, 0.3) is 0 Å². The molecule has 0 atom stereocenters. The van der Waals surface area contributed by atoms with Crippen molar-refractivity contribution in [2.45, 2.75) is 78.6 Å². The molecule has 0 fully saturated rings. The van der Waals surface area contributed by atoms with Crippen LogP contribution in [0.3, 0.4) is 0 Å². The van der Waals surface area contributed by atoms with Crippen molar-refractivity contribution in [3.05, 3.63) is 156 Å². The summed E-state index contributed by atoms with van der Waals surface area (Å²) in [6.07, 6.45) is 0. The Morgan fingerprint density at radius 3 is 1.62 bits per heavy atom. The van der Waals surface area contributed by atoms with Gasteiger partial charge in [-0.15, -0.1) is 0 Å². The number of anilines is 3. The van der Waals surface area contributed by atoms with Gasteiger partial charge in [-0.1, -0.05) is 129 Å². The number of nitrogens with zero attached hydrogens (tertiary/aromatic N) is 4. The summed E-state index contributed by atoms with van der Waals surface area (Å²) in [4.78, 5) is 8.33. The van der Waals surface area contributed by atoms with Gasteiger partial charge >= 0.3 is 0 Å². The third-order valence-corrected chi connectivity index (χ3v) is 13.5. The van der Waals surface area contributed by atoms with Gasteiger partial charge in [-0.25, -0.2) is 4.98 Å². The maximum Gasteiger partial charge on any atom is 0.146 e. The van der Waals surface area contributed by atoms with Gasteiger partial charge < -0.3 is 9.30 Å². The van der Waals surface area contributed by atoms with Crippen molar-refractivity contribution in [3.8, 4) is 0 Å². The molecule has 0 aliphatic carbocycles. The van der Waals surface area contributed by atoms with E-state index in [2.05, 4.69) is 216 Å². The van der Waals surface area contributed by atoms with E-state index in [4.69, 9.17) is 4.98 Å². The van der Waals surface area contributed by atoms with E-state index in [1.165, 1.54) is 87.2 Å². The zero-order valence-electron chi connectivity index (χ0n) is 36.6. The van der Waals surface area contributed by atoms with E-state index in [0.29, 0.717) is 0 Å². The van der Waals surface area contributed by atoms with Gasteiger partial charge in [0.2, 0.25) is 0 Å². The molecule has 12 aromatic rings. The van der Waals surface area contributed by atoms with Crippen LogP contribution in [-0.4, -0.2) is 13.8 Å². The number of hydrogen-bond acceptors (Lipinski definition) is 2. The third-order valence-electron chi connectivity index (χ3n) is 13.5. The maximum atomic E-state index is 5.88. The fourth-order valence-corrected chi connectivity index (χ4v) is 10.3. The molecular weight excluding hydrogens is 741 g/mol. The van der Waals surface area contributed by atoms with Crippen molar-refractivity contribution in [2.75, 3.05) is 4.90 Å². The van der Waals surface area contributed by atoms with Gasteiger partial charge in [0.1, 0.15) is 5.65 Å². The summed E-state index contributed by atoms with van der Waals surface area (Å²) in [6.45, 7) is 20.9. The Balaban J connectivity index is 1.31. The van der Waals surface area contributed by atoms with Gasteiger partial charge in [0.05, 0.1) is 38.8 Å². The lowest BCUT2D eigenvalue weighted by atomic mass is 9.84. The third kappa shape index (κ3) is 5.02. The van der Waals surface area contributed by atoms with Crippen molar-refractivity contribution < 1.29 is 0 Å². The van der Waals surface area contributed by atoms with Crippen LogP contribution in [0, 0.1) is 0 Å². The van der Waals surface area contributed by atoms with Crippen LogP contribution in [0.2, 0.25) is 0 Å². The fraction of sp³-hybridized carbons (Fsp3) is 0.211. The minimum atomic E-state index is -0.0867. The first-order valence-electron chi connectivity index (χ1n) is 21.8. The number of aromatic nitrogens is 3. The SMILES string of the molecule is CC(C)(C)c1ccc2c(c1)c1c3ccccc3cc3c4cc5c(nc4n2c31)c1cc(C(C)(C)C)cc2c3cc(C(C)(C)C)cc(N(c4ccccc4)c4ccccc4)c3n5c21. The van der Waals surface area contributed by atoms with E-state index >= 15 is 0 Å². The van der Waals surface area contributed by atoms with Crippen LogP contribution >= 0.6 is 0 Å². The Morgan fingerprint density at radius 2 is 0.967 bits per heavy atom. The molecule has 0 spiro atoms. The van der Waals surface area contributed by atoms with E-state index < -0.39 is 0 Å². The van der Waals surface area contributed by atoms with Crippen molar-refractivity contribution in [2.24, 2.45) is 0 Å². The Bertz CT molecular complexity index is 3690. The summed E-state index contributed by atoms with van der Waals surface area (Å²) >= 11 is 0. The van der Waals surface area contributed by atoms with Crippen molar-refractivity contribution >= 4 is 104 Å². The standard InChI is InChI=1S/C57H50N4/c1-55(2,3)34-24-25-46-44(27-34)49-39-23-17-16-18-33(39)26-40-43-32-47-50(58-54(43)61(46)53(40)49)45-30-35(56(4,5)6)28-41-42-29-36(57(7,8)9)31-48(52(42)60(47)51(41)45)59(37-19-12-10-13-20-37)38-21-14-11-15-22-38/h10-32H,1-9H3. The van der Waals surface area contributed by atoms with E-state index in [0.717, 1.165) is 33.7 Å². The van der Waals surface area contributed by atoms with Crippen molar-refractivity contribution in [3.63, 3.8) is 0 Å². The summed E-state index contributed by atoms with van der Waals surface area (Å²) in [5, 5.41) is 11.3. The second-order valence-electron chi connectivity index (χ2n) is 20.6. The molecule has 4 heteroatoms. The molecule has 5 aromatic heterocycles. The van der Waals surface area contributed by atoms with Crippen LogP contribution in [0.25, 0.3) is 87.2 Å². The average molecular weight is 791 g/mol. The van der Waals surface area contributed by atoms with Gasteiger partial charge in [0, 0.05) is 49.1 Å². The largest absolute Gasteiger partial charge is 0.308 e. The van der Waals surface area contributed by atoms with Crippen LogP contribution in [0.5, 0.6) is 0 Å². The molecule has 0 radical (unpaired) electrons. The summed E-state index contributed by atoms with van der Waals surface area (Å²) in [6, 6.07) is 52.5. The molecule has 0 aliphatic heterocycles. The highest BCUT2D eigenvalue weighted by Gasteiger charge is 2.30. The Labute approximate surface area is 356 Å². The average Bonchev–Trinajstić information content (AvgIpc) is 3.95. The van der Waals surface area contributed by atoms with Crippen LogP contribution in [0.1, 0.15) is 79.0 Å². The molecule has 7 aromatic carbocycles. The number of para-hydroxylation sites is 2. The minimum Gasteiger partial charge on any atom is -0.308 e. The fourth-order valence-electron chi connectivity index (χ4n) is 10.3. The number of fused-ring (bicyclic) bond motifs is 14. The highest BCUT2D eigenvalue weighted by Crippen LogP contribution is 2.50. The lowest BCUT2D eigenvalue weighted by Crippen LogP contribution is -2.15. The van der Waals surface area contributed by atoms with Crippen LogP contribution < -0.4 is 4.90 Å². The Morgan fingerprint density at radius 1 is 0.410 bits per heavy atom. The first-order chi connectivity index (χ1) is 29.2. The number of hydrogen-bond donors (Lipinski definition) is 0. The predicted octanol–water partition coefficient (Wildman–Crippen LogP) is 15.9. The summed E-state index contributed by atoms with van der Waals surface area (Å²) in [7, 11) is 0. The lowest BCUT2D eigenvalue weighted by Gasteiger charge is -2.29. The Kier molecular flexibility index (Phi) is 7.13. The van der Waals surface area contributed by atoms with E-state index in [9.17, 15) is 0 Å². The molecule has 0 saturated heterocycles. The molecule has 0 N–H and O–H groups in total. The minimum absolute atomic E-state index is 0.0277. The smallest absolute Gasteiger partial charge is 0.146 e. The molecule has 0 saturated carbocycles. The maximum absolute atomic E-state index is 5.88. The molecule has 0 amide bonds. The molecule has 0 bridgehead atoms. The quantitative estimate of drug-likeness (QED) is 0.178.